The second-order valence-electron chi connectivity index (χ2n) is 5.09. The minimum atomic E-state index is 0.555. The molecular weight excluding hydrogens is 298 g/mol. The lowest BCUT2D eigenvalue weighted by Crippen LogP contribution is -1.98. The Morgan fingerprint density at radius 3 is 2.77 bits per heavy atom. The smallest absolute Gasteiger partial charge is 0.167 e. The van der Waals surface area contributed by atoms with E-state index in [1.165, 1.54) is 0 Å². The van der Waals surface area contributed by atoms with Gasteiger partial charge in [-0.25, -0.2) is 0 Å². The Morgan fingerprint density at radius 2 is 2.05 bits per heavy atom. The molecule has 3 rings (SSSR count). The highest BCUT2D eigenvalue weighted by Gasteiger charge is 2.17. The van der Waals surface area contributed by atoms with E-state index in [0.29, 0.717) is 17.3 Å². The first kappa shape index (κ1) is 14.7. The number of hydrogen-bond donors (Lipinski definition) is 0. The fraction of sp³-hybridized carbons (Fsp3) is 0.167. The lowest BCUT2D eigenvalue weighted by molar-refractivity contribution is 0.111. The molecule has 4 heteroatoms. The van der Waals surface area contributed by atoms with Crippen molar-refractivity contribution in [3.63, 3.8) is 0 Å². The van der Waals surface area contributed by atoms with Crippen molar-refractivity contribution in [3.05, 3.63) is 58.9 Å². The summed E-state index contributed by atoms with van der Waals surface area (Å²) in [7, 11) is 0. The van der Waals surface area contributed by atoms with Gasteiger partial charge in [-0.2, -0.15) is 0 Å². The van der Waals surface area contributed by atoms with Gasteiger partial charge in [0.2, 0.25) is 0 Å². The average Bonchev–Trinajstić information content (AvgIpc) is 2.88. The molecule has 3 aromatic rings. The monoisotopic (exact) mass is 313 g/mol. The van der Waals surface area contributed by atoms with Gasteiger partial charge >= 0.3 is 0 Å². The predicted octanol–water partition coefficient (Wildman–Crippen LogP) is 4.78. The second-order valence-corrected chi connectivity index (χ2v) is 5.53. The third-order valence-electron chi connectivity index (χ3n) is 3.65. The van der Waals surface area contributed by atoms with Crippen LogP contribution in [0.3, 0.4) is 0 Å². The van der Waals surface area contributed by atoms with Gasteiger partial charge in [0, 0.05) is 27.9 Å². The molecule has 22 heavy (non-hydrogen) atoms. The largest absolute Gasteiger partial charge is 0.493 e. The summed E-state index contributed by atoms with van der Waals surface area (Å²) in [5.74, 6) is 0.769. The van der Waals surface area contributed by atoms with E-state index in [0.717, 1.165) is 34.2 Å². The van der Waals surface area contributed by atoms with Crippen molar-refractivity contribution in [1.82, 2.24) is 4.40 Å². The summed E-state index contributed by atoms with van der Waals surface area (Å²) in [4.78, 5) is 11.6. The number of carbonyl (C=O) groups excluding carboxylic acids is 1. The molecule has 0 spiro atoms. The molecule has 0 bridgehead atoms. The van der Waals surface area contributed by atoms with Gasteiger partial charge in [-0.3, -0.25) is 4.79 Å². The molecule has 3 nitrogen and oxygen atoms in total. The van der Waals surface area contributed by atoms with Crippen LogP contribution in [0.1, 0.15) is 23.0 Å². The molecule has 1 aromatic carbocycles. The fourth-order valence-electron chi connectivity index (χ4n) is 2.75. The number of aldehydes is 1. The molecule has 0 unspecified atom stereocenters. The van der Waals surface area contributed by atoms with Crippen molar-refractivity contribution in [2.75, 3.05) is 6.61 Å². The van der Waals surface area contributed by atoms with Crippen LogP contribution in [0.15, 0.2) is 42.6 Å². The lowest BCUT2D eigenvalue weighted by Gasteiger charge is -2.13. The summed E-state index contributed by atoms with van der Waals surface area (Å²) >= 11 is 6.22. The van der Waals surface area contributed by atoms with Crippen molar-refractivity contribution in [3.8, 4) is 16.9 Å². The maximum atomic E-state index is 11.6. The lowest BCUT2D eigenvalue weighted by atomic mass is 10.0. The van der Waals surface area contributed by atoms with E-state index in [4.69, 9.17) is 16.3 Å². The first-order valence-electron chi connectivity index (χ1n) is 7.14. The zero-order chi connectivity index (χ0) is 15.7. The highest BCUT2D eigenvalue weighted by Crippen LogP contribution is 2.38. The van der Waals surface area contributed by atoms with E-state index < -0.39 is 0 Å². The van der Waals surface area contributed by atoms with Gasteiger partial charge in [-0.1, -0.05) is 17.7 Å². The highest BCUT2D eigenvalue weighted by molar-refractivity contribution is 6.31. The third kappa shape index (κ3) is 2.38. The molecule has 0 N–H and O–H groups in total. The number of halogens is 1. The SMILES string of the molecule is CCOc1c(C)cc(Cl)cc1-c1cc2ccccn2c1C=O. The van der Waals surface area contributed by atoms with Crippen LogP contribution in [0.4, 0.5) is 0 Å². The molecule has 0 aliphatic carbocycles. The molecule has 0 fully saturated rings. The van der Waals surface area contributed by atoms with E-state index in [1.54, 1.807) is 0 Å². The van der Waals surface area contributed by atoms with Gasteiger partial charge in [0.25, 0.3) is 0 Å². The van der Waals surface area contributed by atoms with Gasteiger partial charge in [0.1, 0.15) is 5.75 Å². The molecule has 2 aromatic heterocycles. The Kier molecular flexibility index (Phi) is 3.90. The number of rotatable bonds is 4. The van der Waals surface area contributed by atoms with Crippen LogP contribution in [0, 0.1) is 6.92 Å². The van der Waals surface area contributed by atoms with E-state index in [9.17, 15) is 4.79 Å². The normalized spacial score (nSPS) is 10.9. The molecule has 0 aliphatic rings. The van der Waals surface area contributed by atoms with Gasteiger partial charge in [0.05, 0.1) is 12.3 Å². The zero-order valence-corrected chi connectivity index (χ0v) is 13.2. The summed E-state index contributed by atoms with van der Waals surface area (Å²) in [6.07, 6.45) is 2.74. The van der Waals surface area contributed by atoms with E-state index in [1.807, 2.05) is 60.8 Å². The summed E-state index contributed by atoms with van der Waals surface area (Å²) in [6, 6.07) is 11.5. The Balaban J connectivity index is 2.34. The standard InChI is InChI=1S/C18H16ClNO2/c1-3-22-18-12(2)8-13(19)9-16(18)15-10-14-6-4-5-7-20(14)17(15)11-21/h4-11H,3H2,1-2H3. The Morgan fingerprint density at radius 1 is 1.23 bits per heavy atom. The number of ether oxygens (including phenoxy) is 1. The molecule has 112 valence electrons. The second kappa shape index (κ2) is 5.85. The number of aromatic nitrogens is 1. The topological polar surface area (TPSA) is 30.7 Å². The van der Waals surface area contributed by atoms with Crippen LogP contribution in [0.5, 0.6) is 5.75 Å². The predicted molar refractivity (Wildman–Crippen MR) is 89.1 cm³/mol. The summed E-state index contributed by atoms with van der Waals surface area (Å²) < 4.78 is 7.66. The van der Waals surface area contributed by atoms with E-state index >= 15 is 0 Å². The van der Waals surface area contributed by atoms with Crippen LogP contribution in [-0.4, -0.2) is 17.3 Å². The van der Waals surface area contributed by atoms with Gasteiger partial charge in [-0.15, -0.1) is 0 Å². The van der Waals surface area contributed by atoms with Crippen LogP contribution >= 0.6 is 11.6 Å². The maximum Gasteiger partial charge on any atom is 0.167 e. The molecular formula is C18H16ClNO2. The minimum absolute atomic E-state index is 0.555. The quantitative estimate of drug-likeness (QED) is 0.649. The van der Waals surface area contributed by atoms with Crippen LogP contribution in [0.2, 0.25) is 5.02 Å². The Labute approximate surface area is 134 Å². The van der Waals surface area contributed by atoms with Gasteiger partial charge in [-0.05, 0) is 49.7 Å². The number of fused-ring (bicyclic) bond motifs is 1. The fourth-order valence-corrected chi connectivity index (χ4v) is 3.02. The number of benzene rings is 1. The Hall–Kier alpha value is -2.26. The van der Waals surface area contributed by atoms with Crippen molar-refractivity contribution in [2.45, 2.75) is 13.8 Å². The number of nitrogens with zero attached hydrogens (tertiary/aromatic N) is 1. The summed E-state index contributed by atoms with van der Waals surface area (Å²) in [5.41, 5.74) is 4.18. The molecule has 0 amide bonds. The van der Waals surface area contributed by atoms with Gasteiger partial charge in [0.15, 0.2) is 6.29 Å². The van der Waals surface area contributed by atoms with E-state index in [2.05, 4.69) is 0 Å². The molecule has 2 heterocycles. The van der Waals surface area contributed by atoms with Crippen molar-refractivity contribution in [1.29, 1.82) is 0 Å². The third-order valence-corrected chi connectivity index (χ3v) is 3.87. The van der Waals surface area contributed by atoms with Crippen LogP contribution in [-0.2, 0) is 0 Å². The van der Waals surface area contributed by atoms with Crippen molar-refractivity contribution in [2.24, 2.45) is 0 Å². The number of hydrogen-bond acceptors (Lipinski definition) is 2. The number of carbonyl (C=O) groups is 1. The van der Waals surface area contributed by atoms with Crippen molar-refractivity contribution < 1.29 is 9.53 Å². The van der Waals surface area contributed by atoms with Crippen molar-refractivity contribution >= 4 is 23.4 Å². The molecule has 0 saturated carbocycles. The Bertz CT molecular complexity index is 852. The first-order valence-corrected chi connectivity index (χ1v) is 7.52. The first-order chi connectivity index (χ1) is 10.7. The summed E-state index contributed by atoms with van der Waals surface area (Å²) in [5, 5.41) is 0.628. The number of aryl methyl sites for hydroxylation is 1. The minimum Gasteiger partial charge on any atom is -0.493 e. The molecule has 0 radical (unpaired) electrons. The molecule has 0 atom stereocenters. The average molecular weight is 314 g/mol. The summed E-state index contributed by atoms with van der Waals surface area (Å²) in [6.45, 7) is 4.45. The molecule has 0 saturated heterocycles. The highest BCUT2D eigenvalue weighted by atomic mass is 35.5. The zero-order valence-electron chi connectivity index (χ0n) is 12.5. The van der Waals surface area contributed by atoms with Gasteiger partial charge < -0.3 is 9.14 Å². The maximum absolute atomic E-state index is 11.6. The van der Waals surface area contributed by atoms with Crippen LogP contribution in [0.25, 0.3) is 16.6 Å². The molecule has 0 aliphatic heterocycles. The van der Waals surface area contributed by atoms with E-state index in [-0.39, 0.29) is 0 Å². The van der Waals surface area contributed by atoms with Crippen LogP contribution < -0.4 is 4.74 Å². The number of pyridine rings is 1.